The number of carbonyl (C=O) groups excluding carboxylic acids is 1. The van der Waals surface area contributed by atoms with Gasteiger partial charge in [0.1, 0.15) is 5.69 Å². The molecule has 15 heavy (non-hydrogen) atoms. The molecule has 2 atom stereocenters. The lowest BCUT2D eigenvalue weighted by atomic mass is 9.83. The maximum Gasteiger partial charge on any atom is 0.186 e. The van der Waals surface area contributed by atoms with Crippen molar-refractivity contribution in [2.75, 3.05) is 13.1 Å². The number of aromatic nitrogens is 2. The van der Waals surface area contributed by atoms with E-state index >= 15 is 0 Å². The van der Waals surface area contributed by atoms with Crippen LogP contribution in [-0.2, 0) is 0 Å². The molecule has 0 aliphatic carbocycles. The molecule has 2 unspecified atom stereocenters. The molecule has 4 nitrogen and oxygen atoms in total. The second-order valence-corrected chi connectivity index (χ2v) is 4.03. The fourth-order valence-electron chi connectivity index (χ4n) is 2.02. The van der Waals surface area contributed by atoms with E-state index in [4.69, 9.17) is 0 Å². The van der Waals surface area contributed by atoms with Crippen LogP contribution in [-0.4, -0.2) is 28.8 Å². The molecule has 4 heteroatoms. The first-order valence-corrected chi connectivity index (χ1v) is 5.30. The Morgan fingerprint density at radius 2 is 2.40 bits per heavy atom. The van der Waals surface area contributed by atoms with Gasteiger partial charge in [-0.05, 0) is 25.4 Å². The molecule has 0 aromatic carbocycles. The quantitative estimate of drug-likeness (QED) is 0.729. The smallest absolute Gasteiger partial charge is 0.186 e. The Morgan fingerprint density at radius 1 is 1.53 bits per heavy atom. The van der Waals surface area contributed by atoms with Crippen molar-refractivity contribution in [1.29, 1.82) is 0 Å². The summed E-state index contributed by atoms with van der Waals surface area (Å²) in [6.45, 7) is 3.93. The van der Waals surface area contributed by atoms with Crippen LogP contribution < -0.4 is 5.32 Å². The lowest BCUT2D eigenvalue weighted by Crippen LogP contribution is -2.39. The van der Waals surface area contributed by atoms with Gasteiger partial charge in [-0.2, -0.15) is 0 Å². The summed E-state index contributed by atoms with van der Waals surface area (Å²) in [5.74, 6) is 0.619. The predicted octanol–water partition coefficient (Wildman–Crippen LogP) is 0.905. The summed E-state index contributed by atoms with van der Waals surface area (Å²) in [7, 11) is 0. The van der Waals surface area contributed by atoms with Crippen LogP contribution in [0.1, 0.15) is 23.8 Å². The molecule has 0 amide bonds. The maximum atomic E-state index is 12.1. The van der Waals surface area contributed by atoms with E-state index in [1.54, 1.807) is 18.6 Å². The summed E-state index contributed by atoms with van der Waals surface area (Å²) < 4.78 is 0. The van der Waals surface area contributed by atoms with Gasteiger partial charge in [-0.3, -0.25) is 9.78 Å². The second-order valence-electron chi connectivity index (χ2n) is 4.03. The highest BCUT2D eigenvalue weighted by Crippen LogP contribution is 2.22. The average molecular weight is 205 g/mol. The number of piperidine rings is 1. The van der Waals surface area contributed by atoms with E-state index in [9.17, 15) is 4.79 Å². The van der Waals surface area contributed by atoms with E-state index in [1.807, 2.05) is 0 Å². The highest BCUT2D eigenvalue weighted by atomic mass is 16.1. The van der Waals surface area contributed by atoms with Gasteiger partial charge in [-0.15, -0.1) is 0 Å². The lowest BCUT2D eigenvalue weighted by molar-refractivity contribution is 0.0842. The number of Topliss-reactive ketones (excluding diaryl/α,β-unsaturated/α-hetero) is 1. The van der Waals surface area contributed by atoms with Crippen LogP contribution in [0, 0.1) is 11.8 Å². The molecule has 1 aliphatic heterocycles. The van der Waals surface area contributed by atoms with Gasteiger partial charge in [0.25, 0.3) is 0 Å². The minimum atomic E-state index is 0.1000. The van der Waals surface area contributed by atoms with Crippen molar-refractivity contribution in [3.8, 4) is 0 Å². The Hall–Kier alpha value is -1.29. The highest BCUT2D eigenvalue weighted by molar-refractivity contribution is 5.96. The average Bonchev–Trinajstić information content (AvgIpc) is 2.30. The number of rotatable bonds is 2. The van der Waals surface area contributed by atoms with Gasteiger partial charge in [0.2, 0.25) is 0 Å². The molecule has 0 spiro atoms. The van der Waals surface area contributed by atoms with Crippen molar-refractivity contribution in [3.63, 3.8) is 0 Å². The van der Waals surface area contributed by atoms with E-state index < -0.39 is 0 Å². The van der Waals surface area contributed by atoms with Crippen molar-refractivity contribution in [2.24, 2.45) is 11.8 Å². The van der Waals surface area contributed by atoms with E-state index in [0.29, 0.717) is 11.6 Å². The molecule has 1 saturated heterocycles. The molecule has 80 valence electrons. The first kappa shape index (κ1) is 10.2. The monoisotopic (exact) mass is 205 g/mol. The molecular formula is C11H15N3O. The number of carbonyl (C=O) groups is 1. The van der Waals surface area contributed by atoms with Crippen LogP contribution in [0.3, 0.4) is 0 Å². The first-order valence-electron chi connectivity index (χ1n) is 5.30. The minimum absolute atomic E-state index is 0.1000. The fourth-order valence-corrected chi connectivity index (χ4v) is 2.02. The summed E-state index contributed by atoms with van der Waals surface area (Å²) in [6.07, 6.45) is 5.61. The van der Waals surface area contributed by atoms with Gasteiger partial charge in [0.15, 0.2) is 5.78 Å². The second kappa shape index (κ2) is 4.49. The fraction of sp³-hybridized carbons (Fsp3) is 0.545. The summed E-state index contributed by atoms with van der Waals surface area (Å²) >= 11 is 0. The third-order valence-electron chi connectivity index (χ3n) is 2.94. The summed E-state index contributed by atoms with van der Waals surface area (Å²) in [4.78, 5) is 20.1. The third-order valence-corrected chi connectivity index (χ3v) is 2.94. The lowest BCUT2D eigenvalue weighted by Gasteiger charge is -2.27. The SMILES string of the molecule is CC1CNCCC1C(=O)c1cnccn1. The molecule has 0 bridgehead atoms. The number of nitrogens with zero attached hydrogens (tertiary/aromatic N) is 2. The molecule has 1 aliphatic rings. The molecule has 1 N–H and O–H groups in total. The Bertz CT molecular complexity index is 339. The molecule has 2 heterocycles. The summed E-state index contributed by atoms with van der Waals surface area (Å²) in [5, 5.41) is 3.28. The zero-order valence-corrected chi connectivity index (χ0v) is 8.81. The zero-order valence-electron chi connectivity index (χ0n) is 8.81. The third kappa shape index (κ3) is 2.21. The number of ketones is 1. The largest absolute Gasteiger partial charge is 0.316 e. The highest BCUT2D eigenvalue weighted by Gasteiger charge is 2.28. The van der Waals surface area contributed by atoms with Gasteiger partial charge in [-0.25, -0.2) is 4.98 Å². The van der Waals surface area contributed by atoms with Gasteiger partial charge in [0.05, 0.1) is 6.20 Å². The van der Waals surface area contributed by atoms with Crippen molar-refractivity contribution < 1.29 is 4.79 Å². The van der Waals surface area contributed by atoms with E-state index in [1.165, 1.54) is 0 Å². The van der Waals surface area contributed by atoms with Crippen molar-refractivity contribution in [2.45, 2.75) is 13.3 Å². The molecule has 2 rings (SSSR count). The number of nitrogens with one attached hydrogen (secondary N) is 1. The van der Waals surface area contributed by atoms with Crippen LogP contribution >= 0.6 is 0 Å². The molecule has 1 aromatic rings. The van der Waals surface area contributed by atoms with Crippen molar-refractivity contribution >= 4 is 5.78 Å². The molecule has 1 aromatic heterocycles. The molecule has 0 radical (unpaired) electrons. The summed E-state index contributed by atoms with van der Waals surface area (Å²) in [5.41, 5.74) is 0.497. The van der Waals surface area contributed by atoms with Crippen LogP contribution in [0.5, 0.6) is 0 Å². The molecule has 1 fully saturated rings. The van der Waals surface area contributed by atoms with Crippen LogP contribution in [0.4, 0.5) is 0 Å². The predicted molar refractivity (Wildman–Crippen MR) is 56.5 cm³/mol. The van der Waals surface area contributed by atoms with Crippen molar-refractivity contribution in [3.05, 3.63) is 24.3 Å². The Kier molecular flexibility index (Phi) is 3.06. The Labute approximate surface area is 89.1 Å². The topological polar surface area (TPSA) is 54.9 Å². The van der Waals surface area contributed by atoms with E-state index in [-0.39, 0.29) is 11.7 Å². The van der Waals surface area contributed by atoms with E-state index in [0.717, 1.165) is 19.5 Å². The number of hydrogen-bond acceptors (Lipinski definition) is 4. The minimum Gasteiger partial charge on any atom is -0.316 e. The van der Waals surface area contributed by atoms with Gasteiger partial charge < -0.3 is 5.32 Å². The van der Waals surface area contributed by atoms with Crippen LogP contribution in [0.15, 0.2) is 18.6 Å². The van der Waals surface area contributed by atoms with Crippen LogP contribution in [0.2, 0.25) is 0 Å². The van der Waals surface area contributed by atoms with Crippen LogP contribution in [0.25, 0.3) is 0 Å². The van der Waals surface area contributed by atoms with E-state index in [2.05, 4.69) is 22.2 Å². The zero-order chi connectivity index (χ0) is 10.7. The Morgan fingerprint density at radius 3 is 3.07 bits per heavy atom. The maximum absolute atomic E-state index is 12.1. The normalized spacial score (nSPS) is 26.2. The Balaban J connectivity index is 2.13. The first-order chi connectivity index (χ1) is 7.29. The number of hydrogen-bond donors (Lipinski definition) is 1. The molecule has 0 saturated carbocycles. The van der Waals surface area contributed by atoms with Gasteiger partial charge in [0, 0.05) is 18.3 Å². The molecular weight excluding hydrogens is 190 g/mol. The van der Waals surface area contributed by atoms with Gasteiger partial charge >= 0.3 is 0 Å². The summed E-state index contributed by atoms with van der Waals surface area (Å²) in [6, 6.07) is 0. The van der Waals surface area contributed by atoms with Crippen molar-refractivity contribution in [1.82, 2.24) is 15.3 Å². The van der Waals surface area contributed by atoms with Gasteiger partial charge in [-0.1, -0.05) is 6.92 Å². The standard InChI is InChI=1S/C11H15N3O/c1-8-6-12-3-2-9(8)11(15)10-7-13-4-5-14-10/h4-5,7-9,12H,2-3,6H2,1H3.